The number of fused-ring (bicyclic) bond motifs is 3. The Labute approximate surface area is 175 Å². The topological polar surface area (TPSA) is 86.0 Å². The fourth-order valence-corrected chi connectivity index (χ4v) is 3.61. The van der Waals surface area contributed by atoms with Gasteiger partial charge in [0, 0.05) is 11.6 Å². The molecule has 0 radical (unpaired) electrons. The van der Waals surface area contributed by atoms with Gasteiger partial charge in [-0.25, -0.2) is 4.79 Å². The first-order valence-electron chi connectivity index (χ1n) is 10.2. The zero-order valence-electron chi connectivity index (χ0n) is 18.3. The third kappa shape index (κ3) is 3.74. The van der Waals surface area contributed by atoms with Gasteiger partial charge in [0.2, 0.25) is 0 Å². The molecule has 0 amide bonds. The molecule has 6 nitrogen and oxygen atoms in total. The van der Waals surface area contributed by atoms with Crippen LogP contribution < -0.4 is 10.2 Å². The molecular weight excluding hydrogens is 384 g/mol. The molecule has 1 aromatic carbocycles. The molecule has 1 aliphatic rings. The Morgan fingerprint density at radius 3 is 2.60 bits per heavy atom. The second-order valence-electron chi connectivity index (χ2n) is 7.99. The first-order chi connectivity index (χ1) is 14.1. The van der Waals surface area contributed by atoms with Crippen molar-refractivity contribution in [2.75, 3.05) is 6.61 Å². The number of esters is 1. The SMILES string of the molecule is CCC/C(=C\C(=O)OCC)c1c2c(c3oc(C)c(C)c(=O)c3c1O)C=CC(C)(C)O2. The lowest BCUT2D eigenvalue weighted by Gasteiger charge is -2.31. The highest BCUT2D eigenvalue weighted by Gasteiger charge is 2.32. The molecule has 0 fully saturated rings. The molecule has 0 bridgehead atoms. The van der Waals surface area contributed by atoms with E-state index in [2.05, 4.69) is 0 Å². The summed E-state index contributed by atoms with van der Waals surface area (Å²) < 4.78 is 17.2. The van der Waals surface area contributed by atoms with Crippen molar-refractivity contribution in [3.05, 3.63) is 44.8 Å². The summed E-state index contributed by atoms with van der Waals surface area (Å²) in [7, 11) is 0. The van der Waals surface area contributed by atoms with Crippen LogP contribution in [0.3, 0.4) is 0 Å². The van der Waals surface area contributed by atoms with Gasteiger partial charge in [0.25, 0.3) is 0 Å². The lowest BCUT2D eigenvalue weighted by Crippen LogP contribution is -2.28. The molecule has 1 aromatic heterocycles. The third-order valence-electron chi connectivity index (χ3n) is 5.20. The molecule has 160 valence electrons. The van der Waals surface area contributed by atoms with Gasteiger partial charge in [-0.15, -0.1) is 0 Å². The van der Waals surface area contributed by atoms with Gasteiger partial charge in [-0.05, 0) is 58.8 Å². The number of hydrogen-bond acceptors (Lipinski definition) is 6. The Kier molecular flexibility index (Phi) is 5.79. The molecule has 0 saturated heterocycles. The number of carbonyl (C=O) groups excluding carboxylic acids is 1. The second-order valence-corrected chi connectivity index (χ2v) is 7.99. The van der Waals surface area contributed by atoms with Crippen molar-refractivity contribution >= 4 is 28.6 Å². The van der Waals surface area contributed by atoms with E-state index in [1.54, 1.807) is 20.8 Å². The molecule has 0 spiro atoms. The zero-order chi connectivity index (χ0) is 22.2. The maximum Gasteiger partial charge on any atom is 0.331 e. The molecule has 2 heterocycles. The van der Waals surface area contributed by atoms with Crippen LogP contribution in [0.4, 0.5) is 0 Å². The van der Waals surface area contributed by atoms with Gasteiger partial charge in [-0.2, -0.15) is 0 Å². The average molecular weight is 412 g/mol. The summed E-state index contributed by atoms with van der Waals surface area (Å²) in [6.45, 7) is 11.1. The number of phenols is 1. The van der Waals surface area contributed by atoms with E-state index in [9.17, 15) is 14.7 Å². The Hall–Kier alpha value is -3.02. The monoisotopic (exact) mass is 412 g/mol. The molecule has 0 atom stereocenters. The van der Waals surface area contributed by atoms with Gasteiger partial charge < -0.3 is 19.0 Å². The number of hydrogen-bond donors (Lipinski definition) is 1. The van der Waals surface area contributed by atoms with Crippen LogP contribution in [0.15, 0.2) is 21.4 Å². The average Bonchev–Trinajstić information content (AvgIpc) is 2.65. The smallest absolute Gasteiger partial charge is 0.331 e. The summed E-state index contributed by atoms with van der Waals surface area (Å²) in [6, 6.07) is 0. The Morgan fingerprint density at radius 1 is 1.27 bits per heavy atom. The highest BCUT2D eigenvalue weighted by atomic mass is 16.5. The lowest BCUT2D eigenvalue weighted by atomic mass is 9.90. The van der Waals surface area contributed by atoms with Crippen molar-refractivity contribution in [2.45, 2.75) is 60.0 Å². The Balaban J connectivity index is 2.47. The van der Waals surface area contributed by atoms with Gasteiger partial charge in [0.1, 0.15) is 28.2 Å². The van der Waals surface area contributed by atoms with E-state index < -0.39 is 11.6 Å². The van der Waals surface area contributed by atoms with Crippen LogP contribution in [-0.2, 0) is 9.53 Å². The molecule has 0 aliphatic carbocycles. The maximum atomic E-state index is 13.0. The number of aryl methyl sites for hydroxylation is 1. The maximum absolute atomic E-state index is 13.0. The predicted octanol–water partition coefficient (Wildman–Crippen LogP) is 5.05. The molecule has 1 N–H and O–H groups in total. The molecule has 3 rings (SSSR count). The van der Waals surface area contributed by atoms with E-state index in [4.69, 9.17) is 13.9 Å². The van der Waals surface area contributed by atoms with Gasteiger partial charge in [-0.3, -0.25) is 4.79 Å². The van der Waals surface area contributed by atoms with Crippen LogP contribution in [-0.4, -0.2) is 23.3 Å². The first-order valence-corrected chi connectivity index (χ1v) is 10.2. The van der Waals surface area contributed by atoms with Gasteiger partial charge in [0.05, 0.1) is 17.7 Å². The number of allylic oxidation sites excluding steroid dienone is 1. The summed E-state index contributed by atoms with van der Waals surface area (Å²) in [6.07, 6.45) is 6.30. The van der Waals surface area contributed by atoms with E-state index in [0.29, 0.717) is 40.2 Å². The van der Waals surface area contributed by atoms with Crippen LogP contribution in [0.25, 0.3) is 22.6 Å². The molecule has 1 aliphatic heterocycles. The van der Waals surface area contributed by atoms with Crippen LogP contribution in [0.2, 0.25) is 0 Å². The normalized spacial score (nSPS) is 15.1. The van der Waals surface area contributed by atoms with Crippen molar-refractivity contribution in [1.29, 1.82) is 0 Å². The number of phenolic OH excluding ortho intramolecular Hbond substituents is 1. The van der Waals surface area contributed by atoms with Crippen molar-refractivity contribution in [3.8, 4) is 11.5 Å². The standard InChI is InChI=1S/C24H28O6/c1-7-9-15(12-17(25)28-8-2)18-21(27)19-20(26)13(3)14(4)29-22(19)16-10-11-24(5,6)30-23(16)18/h10-12,27H,7-9H2,1-6H3/b15-12+. The highest BCUT2D eigenvalue weighted by Crippen LogP contribution is 2.48. The second kappa shape index (κ2) is 8.01. The number of aromatic hydroxyl groups is 1. The largest absolute Gasteiger partial charge is 0.506 e. The van der Waals surface area contributed by atoms with Crippen molar-refractivity contribution in [3.63, 3.8) is 0 Å². The fourth-order valence-electron chi connectivity index (χ4n) is 3.61. The summed E-state index contributed by atoms with van der Waals surface area (Å²) >= 11 is 0. The molecular formula is C24H28O6. The van der Waals surface area contributed by atoms with Crippen LogP contribution >= 0.6 is 0 Å². The first kappa shape index (κ1) is 21.7. The summed E-state index contributed by atoms with van der Waals surface area (Å²) in [5.74, 6) is 0.126. The van der Waals surface area contributed by atoms with E-state index >= 15 is 0 Å². The number of rotatable bonds is 5. The number of carbonyl (C=O) groups is 1. The minimum atomic E-state index is -0.636. The summed E-state index contributed by atoms with van der Waals surface area (Å²) in [5.41, 5.74) is 1.22. The summed E-state index contributed by atoms with van der Waals surface area (Å²) in [5, 5.41) is 11.3. The number of ether oxygens (including phenoxy) is 2. The number of benzene rings is 1. The Bertz CT molecular complexity index is 1130. The van der Waals surface area contributed by atoms with Gasteiger partial charge in [-0.1, -0.05) is 13.3 Å². The minimum absolute atomic E-state index is 0.0886. The zero-order valence-corrected chi connectivity index (χ0v) is 18.3. The third-order valence-corrected chi connectivity index (χ3v) is 5.20. The minimum Gasteiger partial charge on any atom is -0.506 e. The van der Waals surface area contributed by atoms with Gasteiger partial charge >= 0.3 is 5.97 Å². The molecule has 6 heteroatoms. The van der Waals surface area contributed by atoms with Crippen LogP contribution in [0, 0.1) is 13.8 Å². The molecule has 0 saturated carbocycles. The highest BCUT2D eigenvalue weighted by molar-refractivity contribution is 6.02. The lowest BCUT2D eigenvalue weighted by molar-refractivity contribution is -0.137. The van der Waals surface area contributed by atoms with E-state index in [1.807, 2.05) is 32.9 Å². The van der Waals surface area contributed by atoms with E-state index in [0.717, 1.165) is 6.42 Å². The van der Waals surface area contributed by atoms with E-state index in [1.165, 1.54) is 6.08 Å². The fraction of sp³-hybridized carbons (Fsp3) is 0.417. The van der Waals surface area contributed by atoms with Crippen molar-refractivity contribution in [1.82, 2.24) is 0 Å². The summed E-state index contributed by atoms with van der Waals surface area (Å²) in [4.78, 5) is 25.3. The van der Waals surface area contributed by atoms with Gasteiger partial charge in [0.15, 0.2) is 11.0 Å². The molecule has 0 unspecified atom stereocenters. The van der Waals surface area contributed by atoms with E-state index in [-0.39, 0.29) is 28.8 Å². The quantitative estimate of drug-likeness (QED) is 0.547. The predicted molar refractivity (Wildman–Crippen MR) is 117 cm³/mol. The van der Waals surface area contributed by atoms with Crippen molar-refractivity contribution in [2.24, 2.45) is 0 Å². The van der Waals surface area contributed by atoms with Crippen molar-refractivity contribution < 1.29 is 23.8 Å². The molecule has 2 aromatic rings. The van der Waals surface area contributed by atoms with Crippen LogP contribution in [0.1, 0.15) is 63.0 Å². The Morgan fingerprint density at radius 2 is 1.97 bits per heavy atom. The van der Waals surface area contributed by atoms with Crippen LogP contribution in [0.5, 0.6) is 11.5 Å². The molecule has 30 heavy (non-hydrogen) atoms.